The van der Waals surface area contributed by atoms with Crippen LogP contribution in [0.4, 0.5) is 0 Å². The summed E-state index contributed by atoms with van der Waals surface area (Å²) >= 11 is 6.43. The summed E-state index contributed by atoms with van der Waals surface area (Å²) in [5, 5.41) is 1.44. The molecule has 7 heteroatoms. The largest absolute Gasteiger partial charge is 0.487 e. The number of carbonyl (C=O) groups is 1. The van der Waals surface area contributed by atoms with Crippen molar-refractivity contribution in [2.45, 2.75) is 20.0 Å². The quantitative estimate of drug-likeness (QED) is 0.444. The Bertz CT molecular complexity index is 1220. The number of carbonyl (C=O) groups excluding carboxylic acids is 1. The number of pyridine rings is 2. The van der Waals surface area contributed by atoms with Crippen LogP contribution in [-0.4, -0.2) is 53.9 Å². The van der Waals surface area contributed by atoms with Gasteiger partial charge in [0.1, 0.15) is 17.9 Å². The van der Waals surface area contributed by atoms with Crippen molar-refractivity contribution in [2.24, 2.45) is 0 Å². The van der Waals surface area contributed by atoms with E-state index in [-0.39, 0.29) is 18.9 Å². The van der Waals surface area contributed by atoms with E-state index in [1.54, 1.807) is 37.5 Å². The molecule has 0 aliphatic heterocycles. The highest BCUT2D eigenvalue weighted by Gasteiger charge is 2.16. The summed E-state index contributed by atoms with van der Waals surface area (Å²) in [6.07, 6.45) is 7.19. The molecule has 0 aliphatic rings. The fourth-order valence-electron chi connectivity index (χ4n) is 3.56. The lowest BCUT2D eigenvalue weighted by atomic mass is 10.0. The molecule has 2 heterocycles. The van der Waals surface area contributed by atoms with Crippen molar-refractivity contribution in [3.8, 4) is 5.75 Å². The number of benzene rings is 1. The van der Waals surface area contributed by atoms with Gasteiger partial charge in [-0.1, -0.05) is 36.4 Å². The molecule has 0 radical (unpaired) electrons. The predicted molar refractivity (Wildman–Crippen MR) is 134 cm³/mol. The Morgan fingerprint density at radius 3 is 2.61 bits per heavy atom. The number of ether oxygens (including phenoxy) is 1. The van der Waals surface area contributed by atoms with E-state index in [4.69, 9.17) is 21.3 Å². The average Bonchev–Trinajstić information content (AvgIpc) is 2.76. The van der Waals surface area contributed by atoms with E-state index in [2.05, 4.69) is 17.6 Å². The Hall–Kier alpha value is -3.38. The molecule has 3 rings (SSSR count). The Kier molecular flexibility index (Phi) is 7.71. The fraction of sp³-hybridized carbons (Fsp3) is 0.269. The zero-order chi connectivity index (χ0) is 24.1. The maximum absolute atomic E-state index is 12.3. The van der Waals surface area contributed by atoms with Gasteiger partial charge in [-0.15, -0.1) is 0 Å². The Labute approximate surface area is 200 Å². The molecule has 0 bridgehead atoms. The summed E-state index contributed by atoms with van der Waals surface area (Å²) in [6, 6.07) is 7.94. The van der Waals surface area contributed by atoms with Crippen LogP contribution in [0.3, 0.4) is 0 Å². The van der Waals surface area contributed by atoms with Crippen LogP contribution in [-0.2, 0) is 17.8 Å². The van der Waals surface area contributed by atoms with Crippen molar-refractivity contribution in [1.82, 2.24) is 19.8 Å². The number of hydrogen-bond donors (Lipinski definition) is 0. The molecule has 172 valence electrons. The lowest BCUT2D eigenvalue weighted by molar-refractivity contribution is -0.127. The maximum Gasteiger partial charge on any atom is 0.226 e. The van der Waals surface area contributed by atoms with Crippen LogP contribution in [0, 0.1) is 6.92 Å². The second-order valence-corrected chi connectivity index (χ2v) is 8.57. The van der Waals surface area contributed by atoms with E-state index in [0.717, 1.165) is 39.0 Å². The summed E-state index contributed by atoms with van der Waals surface area (Å²) < 4.78 is 6.23. The standard InChI is InChI=1S/C26H29ClN4O2/c1-7-9-23(30(3)4)20-12-17(2)29-26-19(20)10-8-11-24(26)33-16-21-18(13-25(32)31(5)6)14-28-15-22(21)27/h7-12,14-15H,1,13,16H2,2-6H3/b23-9-. The topological polar surface area (TPSA) is 58.6 Å². The lowest BCUT2D eigenvalue weighted by Crippen LogP contribution is -2.24. The third-order valence-corrected chi connectivity index (χ3v) is 5.60. The summed E-state index contributed by atoms with van der Waals surface area (Å²) in [4.78, 5) is 24.8. The average molecular weight is 465 g/mol. The first kappa shape index (κ1) is 24.3. The van der Waals surface area contributed by atoms with Crippen LogP contribution in [0.1, 0.15) is 22.4 Å². The molecule has 3 aromatic rings. The van der Waals surface area contributed by atoms with Gasteiger partial charge in [0.2, 0.25) is 5.91 Å². The maximum atomic E-state index is 12.3. The van der Waals surface area contributed by atoms with Crippen LogP contribution < -0.4 is 4.74 Å². The highest BCUT2D eigenvalue weighted by molar-refractivity contribution is 6.31. The molecule has 0 unspecified atom stereocenters. The molecule has 2 aromatic heterocycles. The predicted octanol–water partition coefficient (Wildman–Crippen LogP) is 4.89. The monoisotopic (exact) mass is 464 g/mol. The normalized spacial score (nSPS) is 11.4. The molecule has 0 fully saturated rings. The van der Waals surface area contributed by atoms with E-state index >= 15 is 0 Å². The summed E-state index contributed by atoms with van der Waals surface area (Å²) in [7, 11) is 7.44. The molecule has 33 heavy (non-hydrogen) atoms. The van der Waals surface area contributed by atoms with E-state index < -0.39 is 0 Å². The summed E-state index contributed by atoms with van der Waals surface area (Å²) in [5.74, 6) is 0.615. The molecule has 0 N–H and O–H groups in total. The van der Waals surface area contributed by atoms with Crippen molar-refractivity contribution < 1.29 is 9.53 Å². The first-order chi connectivity index (χ1) is 15.7. The van der Waals surface area contributed by atoms with Crippen LogP contribution in [0.25, 0.3) is 16.6 Å². The van der Waals surface area contributed by atoms with Crippen molar-refractivity contribution in [2.75, 3.05) is 28.2 Å². The SMILES string of the molecule is C=C/C=C(/c1cc(C)nc2c(OCc3c(Cl)cncc3CC(=O)N(C)C)cccc12)N(C)C. The summed E-state index contributed by atoms with van der Waals surface area (Å²) in [6.45, 7) is 6.01. The fourth-order valence-corrected chi connectivity index (χ4v) is 3.79. The van der Waals surface area contributed by atoms with Crippen LogP contribution in [0.5, 0.6) is 5.75 Å². The second-order valence-electron chi connectivity index (χ2n) is 8.16. The molecule has 1 aromatic carbocycles. The Balaban J connectivity index is 2.02. The van der Waals surface area contributed by atoms with Crippen molar-refractivity contribution in [3.63, 3.8) is 0 Å². The minimum Gasteiger partial charge on any atom is -0.487 e. The second kappa shape index (κ2) is 10.5. The van der Waals surface area contributed by atoms with Crippen molar-refractivity contribution >= 4 is 34.1 Å². The van der Waals surface area contributed by atoms with Gasteiger partial charge < -0.3 is 14.5 Å². The minimum absolute atomic E-state index is 0.0300. The number of nitrogens with zero attached hydrogens (tertiary/aromatic N) is 4. The minimum atomic E-state index is -0.0300. The molecular formula is C26H29ClN4O2. The van der Waals surface area contributed by atoms with Gasteiger partial charge in [0.05, 0.1) is 11.4 Å². The number of aryl methyl sites for hydroxylation is 1. The van der Waals surface area contributed by atoms with Crippen LogP contribution in [0.15, 0.2) is 55.4 Å². The number of aromatic nitrogens is 2. The first-order valence-corrected chi connectivity index (χ1v) is 11.0. The smallest absolute Gasteiger partial charge is 0.226 e. The molecule has 1 amide bonds. The number of halogens is 1. The third-order valence-electron chi connectivity index (χ3n) is 5.27. The number of allylic oxidation sites excluding steroid dienone is 2. The molecule has 0 saturated heterocycles. The Morgan fingerprint density at radius 1 is 1.18 bits per heavy atom. The van der Waals surface area contributed by atoms with Gasteiger partial charge in [-0.2, -0.15) is 0 Å². The van der Waals surface area contributed by atoms with Crippen LogP contribution >= 0.6 is 11.6 Å². The van der Waals surface area contributed by atoms with Gasteiger partial charge in [0.15, 0.2) is 0 Å². The highest BCUT2D eigenvalue weighted by Crippen LogP contribution is 2.32. The van der Waals surface area contributed by atoms with Gasteiger partial charge in [-0.3, -0.25) is 9.78 Å². The van der Waals surface area contributed by atoms with Gasteiger partial charge >= 0.3 is 0 Å². The molecular weight excluding hydrogens is 436 g/mol. The number of rotatable bonds is 8. The number of para-hydroxylation sites is 1. The van der Waals surface area contributed by atoms with E-state index in [1.807, 2.05) is 50.2 Å². The Morgan fingerprint density at radius 2 is 1.94 bits per heavy atom. The van der Waals surface area contributed by atoms with Crippen molar-refractivity contribution in [1.29, 1.82) is 0 Å². The molecule has 0 atom stereocenters. The molecule has 0 saturated carbocycles. The van der Waals surface area contributed by atoms with E-state index in [1.165, 1.54) is 0 Å². The van der Waals surface area contributed by atoms with E-state index in [0.29, 0.717) is 10.8 Å². The number of amides is 1. The third kappa shape index (κ3) is 5.52. The zero-order valence-electron chi connectivity index (χ0n) is 19.7. The highest BCUT2D eigenvalue weighted by atomic mass is 35.5. The molecule has 0 spiro atoms. The van der Waals surface area contributed by atoms with Gasteiger partial charge in [0, 0.05) is 68.5 Å². The molecule has 6 nitrogen and oxygen atoms in total. The number of likely N-dealkylation sites (N-methyl/N-ethyl adjacent to an activating group) is 1. The lowest BCUT2D eigenvalue weighted by Gasteiger charge is -2.20. The van der Waals surface area contributed by atoms with E-state index in [9.17, 15) is 4.79 Å². The van der Waals surface area contributed by atoms with Crippen LogP contribution in [0.2, 0.25) is 5.02 Å². The van der Waals surface area contributed by atoms with Crippen molar-refractivity contribution in [3.05, 3.63) is 82.8 Å². The zero-order valence-corrected chi connectivity index (χ0v) is 20.5. The molecule has 0 aliphatic carbocycles. The number of fused-ring (bicyclic) bond motifs is 1. The van der Waals surface area contributed by atoms with Gasteiger partial charge in [-0.25, -0.2) is 4.98 Å². The van der Waals surface area contributed by atoms with Gasteiger partial charge in [0.25, 0.3) is 0 Å². The first-order valence-electron chi connectivity index (χ1n) is 10.6. The summed E-state index contributed by atoms with van der Waals surface area (Å²) in [5.41, 5.74) is 5.21. The number of hydrogen-bond acceptors (Lipinski definition) is 5. The van der Waals surface area contributed by atoms with Gasteiger partial charge in [-0.05, 0) is 30.7 Å².